The summed E-state index contributed by atoms with van der Waals surface area (Å²) in [5.74, 6) is -0.220. The Labute approximate surface area is 120 Å². The van der Waals surface area contributed by atoms with E-state index < -0.39 is 0 Å². The van der Waals surface area contributed by atoms with Crippen LogP contribution >= 0.6 is 15.9 Å². The van der Waals surface area contributed by atoms with Gasteiger partial charge in [-0.05, 0) is 25.1 Å². The highest BCUT2D eigenvalue weighted by Crippen LogP contribution is 2.24. The molecular weight excluding hydrogens is 312 g/mol. The number of nitrogens with zero attached hydrogens (tertiary/aromatic N) is 1. The molecule has 2 rings (SSSR count). The van der Waals surface area contributed by atoms with Crippen LogP contribution < -0.4 is 5.73 Å². The fourth-order valence-electron chi connectivity index (χ4n) is 2.03. The van der Waals surface area contributed by atoms with E-state index in [0.717, 1.165) is 4.47 Å². The average Bonchev–Trinajstić information content (AvgIpc) is 2.38. The molecule has 1 aliphatic rings. The molecule has 2 unspecified atom stereocenters. The van der Waals surface area contributed by atoms with Crippen molar-refractivity contribution in [3.63, 3.8) is 0 Å². The Hall–Kier alpha value is -1.11. The normalized spacial score (nSPS) is 21.2. The third kappa shape index (κ3) is 3.26. The van der Waals surface area contributed by atoms with Gasteiger partial charge in [-0.3, -0.25) is 4.79 Å². The first-order valence-corrected chi connectivity index (χ1v) is 6.93. The summed E-state index contributed by atoms with van der Waals surface area (Å²) in [6, 6.07) is 4.72. The molecule has 1 aliphatic heterocycles. The molecule has 1 saturated heterocycles. The molecule has 1 fully saturated rings. The maximum atomic E-state index is 12.4. The Balaban J connectivity index is 2.15. The van der Waals surface area contributed by atoms with Crippen LogP contribution in [0.2, 0.25) is 0 Å². The minimum absolute atomic E-state index is 0.0248. The van der Waals surface area contributed by atoms with E-state index in [9.17, 15) is 9.90 Å². The Bertz CT molecular complexity index is 479. The number of aromatic hydroxyl groups is 1. The molecule has 0 spiro atoms. The first-order chi connectivity index (χ1) is 8.99. The van der Waals surface area contributed by atoms with Gasteiger partial charge in [0.15, 0.2) is 0 Å². The van der Waals surface area contributed by atoms with E-state index in [-0.39, 0.29) is 23.8 Å². The quantitative estimate of drug-likeness (QED) is 0.859. The molecular formula is C13H17BrN2O3. The van der Waals surface area contributed by atoms with E-state index in [1.807, 2.05) is 6.92 Å². The molecule has 1 aromatic rings. The lowest BCUT2D eigenvalue weighted by atomic mass is 10.1. The van der Waals surface area contributed by atoms with Gasteiger partial charge in [0.1, 0.15) is 5.75 Å². The number of halogens is 1. The minimum atomic E-state index is -0.195. The number of nitrogens with two attached hydrogens (primary N) is 1. The van der Waals surface area contributed by atoms with Gasteiger partial charge in [0, 0.05) is 23.6 Å². The lowest BCUT2D eigenvalue weighted by Gasteiger charge is -2.34. The number of phenolic OH excluding ortho intramolecular Hbond substituents is 1. The van der Waals surface area contributed by atoms with Gasteiger partial charge in [-0.1, -0.05) is 15.9 Å². The second-order valence-electron chi connectivity index (χ2n) is 4.68. The molecule has 2 atom stereocenters. The minimum Gasteiger partial charge on any atom is -0.507 e. The monoisotopic (exact) mass is 328 g/mol. The highest BCUT2D eigenvalue weighted by molar-refractivity contribution is 9.10. The zero-order valence-electron chi connectivity index (χ0n) is 10.7. The molecule has 0 saturated carbocycles. The SMILES string of the molecule is CC(N)C1CN(C(=O)c2ccc(Br)cc2O)CCO1. The summed E-state index contributed by atoms with van der Waals surface area (Å²) in [5, 5.41) is 9.83. The molecule has 3 N–H and O–H groups in total. The van der Waals surface area contributed by atoms with Gasteiger partial charge >= 0.3 is 0 Å². The van der Waals surface area contributed by atoms with Crippen LogP contribution in [0.15, 0.2) is 22.7 Å². The predicted molar refractivity (Wildman–Crippen MR) is 75.1 cm³/mol. The van der Waals surface area contributed by atoms with Crippen molar-refractivity contribution in [1.82, 2.24) is 4.90 Å². The van der Waals surface area contributed by atoms with Crippen molar-refractivity contribution in [3.05, 3.63) is 28.2 Å². The Morgan fingerprint density at radius 2 is 2.37 bits per heavy atom. The Morgan fingerprint density at radius 3 is 3.00 bits per heavy atom. The molecule has 1 amide bonds. The summed E-state index contributed by atoms with van der Waals surface area (Å²) >= 11 is 3.25. The summed E-state index contributed by atoms with van der Waals surface area (Å²) in [4.78, 5) is 14.0. The second-order valence-corrected chi connectivity index (χ2v) is 5.60. The third-order valence-electron chi connectivity index (χ3n) is 3.16. The van der Waals surface area contributed by atoms with Gasteiger partial charge in [-0.25, -0.2) is 0 Å². The largest absolute Gasteiger partial charge is 0.507 e. The number of morpholine rings is 1. The van der Waals surface area contributed by atoms with Crippen LogP contribution in [0.1, 0.15) is 17.3 Å². The number of ether oxygens (including phenoxy) is 1. The number of hydrogen-bond acceptors (Lipinski definition) is 4. The molecule has 0 aromatic heterocycles. The van der Waals surface area contributed by atoms with E-state index in [1.165, 1.54) is 6.07 Å². The smallest absolute Gasteiger partial charge is 0.257 e. The van der Waals surface area contributed by atoms with E-state index in [0.29, 0.717) is 25.3 Å². The third-order valence-corrected chi connectivity index (χ3v) is 3.65. The number of rotatable bonds is 2. The van der Waals surface area contributed by atoms with Crippen LogP contribution in [0.3, 0.4) is 0 Å². The summed E-state index contributed by atoms with van der Waals surface area (Å²) in [6.45, 7) is 3.29. The maximum Gasteiger partial charge on any atom is 0.257 e. The molecule has 6 heteroatoms. The van der Waals surface area contributed by atoms with Crippen molar-refractivity contribution in [3.8, 4) is 5.75 Å². The van der Waals surface area contributed by atoms with Gasteiger partial charge in [-0.15, -0.1) is 0 Å². The molecule has 0 bridgehead atoms. The summed E-state index contributed by atoms with van der Waals surface area (Å²) in [7, 11) is 0. The summed E-state index contributed by atoms with van der Waals surface area (Å²) in [6.07, 6.45) is -0.157. The fraction of sp³-hybridized carbons (Fsp3) is 0.462. The molecule has 1 aromatic carbocycles. The fourth-order valence-corrected chi connectivity index (χ4v) is 2.38. The van der Waals surface area contributed by atoms with E-state index >= 15 is 0 Å². The van der Waals surface area contributed by atoms with Crippen molar-refractivity contribution in [2.45, 2.75) is 19.1 Å². The number of carbonyl (C=O) groups excluding carboxylic acids is 1. The molecule has 0 aliphatic carbocycles. The van der Waals surface area contributed by atoms with E-state index in [4.69, 9.17) is 10.5 Å². The van der Waals surface area contributed by atoms with E-state index in [1.54, 1.807) is 17.0 Å². The van der Waals surface area contributed by atoms with E-state index in [2.05, 4.69) is 15.9 Å². The summed E-state index contributed by atoms with van der Waals surface area (Å²) in [5.41, 5.74) is 6.10. The zero-order valence-corrected chi connectivity index (χ0v) is 12.3. The lowest BCUT2D eigenvalue weighted by Crippen LogP contribution is -2.51. The Morgan fingerprint density at radius 1 is 1.63 bits per heavy atom. The predicted octanol–water partition coefficient (Wildman–Crippen LogP) is 1.34. The average molecular weight is 329 g/mol. The highest BCUT2D eigenvalue weighted by atomic mass is 79.9. The highest BCUT2D eigenvalue weighted by Gasteiger charge is 2.28. The molecule has 5 nitrogen and oxygen atoms in total. The molecule has 104 valence electrons. The zero-order chi connectivity index (χ0) is 14.0. The van der Waals surface area contributed by atoms with Gasteiger partial charge < -0.3 is 20.5 Å². The number of benzene rings is 1. The van der Waals surface area contributed by atoms with Crippen molar-refractivity contribution in [2.24, 2.45) is 5.73 Å². The van der Waals surface area contributed by atoms with Crippen LogP contribution in [0.4, 0.5) is 0 Å². The maximum absolute atomic E-state index is 12.4. The number of hydrogen-bond donors (Lipinski definition) is 2. The van der Waals surface area contributed by atoms with Crippen molar-refractivity contribution in [2.75, 3.05) is 19.7 Å². The lowest BCUT2D eigenvalue weighted by molar-refractivity contribution is -0.0300. The number of phenols is 1. The van der Waals surface area contributed by atoms with Crippen LogP contribution in [-0.2, 0) is 4.74 Å². The van der Waals surface area contributed by atoms with Gasteiger partial charge in [0.05, 0.1) is 18.3 Å². The number of amides is 1. The van der Waals surface area contributed by atoms with Crippen molar-refractivity contribution < 1.29 is 14.6 Å². The van der Waals surface area contributed by atoms with Crippen LogP contribution in [-0.4, -0.2) is 47.8 Å². The second kappa shape index (κ2) is 5.90. The van der Waals surface area contributed by atoms with Crippen LogP contribution in [0.25, 0.3) is 0 Å². The van der Waals surface area contributed by atoms with Crippen molar-refractivity contribution in [1.29, 1.82) is 0 Å². The van der Waals surface area contributed by atoms with Gasteiger partial charge in [0.25, 0.3) is 5.91 Å². The first kappa shape index (κ1) is 14.3. The topological polar surface area (TPSA) is 75.8 Å². The Kier molecular flexibility index (Phi) is 4.44. The summed E-state index contributed by atoms with van der Waals surface area (Å²) < 4.78 is 6.25. The van der Waals surface area contributed by atoms with Gasteiger partial charge in [0.2, 0.25) is 0 Å². The van der Waals surface area contributed by atoms with Crippen molar-refractivity contribution >= 4 is 21.8 Å². The molecule has 0 radical (unpaired) electrons. The standard InChI is InChI=1S/C13H17BrN2O3/c1-8(15)12-7-16(4-5-19-12)13(18)10-3-2-9(14)6-11(10)17/h2-3,6,8,12,17H,4-5,7,15H2,1H3. The molecule has 1 heterocycles. The molecule has 19 heavy (non-hydrogen) atoms. The number of carbonyl (C=O) groups is 1. The van der Waals surface area contributed by atoms with Crippen LogP contribution in [0.5, 0.6) is 5.75 Å². The van der Waals surface area contributed by atoms with Gasteiger partial charge in [-0.2, -0.15) is 0 Å². The van der Waals surface area contributed by atoms with Crippen LogP contribution in [0, 0.1) is 0 Å². The first-order valence-electron chi connectivity index (χ1n) is 6.14.